The molecule has 0 radical (unpaired) electrons. The number of aromatic hydroxyl groups is 1. The van der Waals surface area contributed by atoms with E-state index in [1.807, 2.05) is 12.1 Å². The summed E-state index contributed by atoms with van der Waals surface area (Å²) in [5.41, 5.74) is 1.90. The van der Waals surface area contributed by atoms with Crippen LogP contribution >= 0.6 is 15.9 Å². The Labute approximate surface area is 124 Å². The maximum absolute atomic E-state index is 12.4. The maximum Gasteiger partial charge on any atom is 0.196 e. The summed E-state index contributed by atoms with van der Waals surface area (Å²) in [6.07, 6.45) is 1.74. The molecule has 1 aliphatic heterocycles. The molecular weight excluding hydrogens is 320 g/mol. The number of hydrogen-bond donors (Lipinski definition) is 1. The number of phenols is 1. The van der Waals surface area contributed by atoms with Crippen LogP contribution in [0.5, 0.6) is 11.5 Å². The molecule has 3 rings (SSSR count). The van der Waals surface area contributed by atoms with Gasteiger partial charge in [0.2, 0.25) is 0 Å². The van der Waals surface area contributed by atoms with Crippen LogP contribution in [0.25, 0.3) is 6.08 Å². The molecule has 0 saturated heterocycles. The molecule has 20 heavy (non-hydrogen) atoms. The molecule has 0 atom stereocenters. The van der Waals surface area contributed by atoms with Crippen molar-refractivity contribution in [3.05, 3.63) is 63.6 Å². The molecule has 0 amide bonds. The quantitative estimate of drug-likeness (QED) is 0.808. The van der Waals surface area contributed by atoms with E-state index in [4.69, 9.17) is 4.74 Å². The Morgan fingerprint density at radius 2 is 2.05 bits per heavy atom. The topological polar surface area (TPSA) is 46.5 Å². The molecule has 0 bridgehead atoms. The average molecular weight is 331 g/mol. The minimum Gasteiger partial charge on any atom is -0.508 e. The van der Waals surface area contributed by atoms with Crippen LogP contribution in [-0.4, -0.2) is 17.5 Å². The van der Waals surface area contributed by atoms with Gasteiger partial charge in [-0.15, -0.1) is 0 Å². The maximum atomic E-state index is 12.4. The molecule has 2 aromatic carbocycles. The van der Waals surface area contributed by atoms with Crippen molar-refractivity contribution < 1.29 is 14.6 Å². The summed E-state index contributed by atoms with van der Waals surface area (Å²) in [4.78, 5) is 12.4. The first kappa shape index (κ1) is 12.9. The Bertz CT molecular complexity index is 719. The Balaban J connectivity index is 2.00. The van der Waals surface area contributed by atoms with Crippen LogP contribution in [0.1, 0.15) is 15.9 Å². The summed E-state index contributed by atoms with van der Waals surface area (Å²) in [6.45, 7) is 0.239. The van der Waals surface area contributed by atoms with E-state index in [0.29, 0.717) is 16.9 Å². The molecule has 0 spiro atoms. The Morgan fingerprint density at radius 3 is 2.85 bits per heavy atom. The standard InChI is InChI=1S/C16H11BrO3/c17-12-4-5-15-14(8-12)16(19)11(9-20-15)6-10-2-1-3-13(18)7-10/h1-8,18H,9H2/b11-6+. The normalized spacial score (nSPS) is 15.8. The molecule has 1 aliphatic rings. The Morgan fingerprint density at radius 1 is 1.20 bits per heavy atom. The summed E-state index contributed by atoms with van der Waals surface area (Å²) in [5, 5.41) is 9.45. The first-order valence-corrected chi connectivity index (χ1v) is 6.89. The van der Waals surface area contributed by atoms with Gasteiger partial charge in [-0.3, -0.25) is 4.79 Å². The average Bonchev–Trinajstić information content (AvgIpc) is 2.43. The van der Waals surface area contributed by atoms with Crippen LogP contribution in [0, 0.1) is 0 Å². The number of hydrogen-bond acceptors (Lipinski definition) is 3. The Kier molecular flexibility index (Phi) is 3.32. The predicted molar refractivity (Wildman–Crippen MR) is 80.1 cm³/mol. The molecule has 100 valence electrons. The summed E-state index contributed by atoms with van der Waals surface area (Å²) in [7, 11) is 0. The number of carbonyl (C=O) groups is 1. The first-order valence-electron chi connectivity index (χ1n) is 6.10. The van der Waals surface area contributed by atoms with Gasteiger partial charge in [-0.05, 0) is 42.0 Å². The van der Waals surface area contributed by atoms with Gasteiger partial charge >= 0.3 is 0 Å². The highest BCUT2D eigenvalue weighted by Gasteiger charge is 2.23. The van der Waals surface area contributed by atoms with Gasteiger partial charge in [-0.2, -0.15) is 0 Å². The van der Waals surface area contributed by atoms with Gasteiger partial charge < -0.3 is 9.84 Å². The molecule has 0 fully saturated rings. The van der Waals surface area contributed by atoms with Crippen molar-refractivity contribution in [1.82, 2.24) is 0 Å². The third-order valence-corrected chi connectivity index (χ3v) is 3.57. The predicted octanol–water partition coefficient (Wildman–Crippen LogP) is 3.81. The molecule has 2 aromatic rings. The summed E-state index contributed by atoms with van der Waals surface area (Å²) >= 11 is 3.35. The third kappa shape index (κ3) is 2.47. The zero-order chi connectivity index (χ0) is 14.1. The van der Waals surface area contributed by atoms with E-state index in [1.54, 1.807) is 36.4 Å². The van der Waals surface area contributed by atoms with E-state index in [-0.39, 0.29) is 18.1 Å². The number of rotatable bonds is 1. The highest BCUT2D eigenvalue weighted by Crippen LogP contribution is 2.30. The number of ether oxygens (including phenoxy) is 1. The number of phenolic OH excluding ortho intramolecular Hbond substituents is 1. The van der Waals surface area contributed by atoms with E-state index in [0.717, 1.165) is 10.0 Å². The molecule has 1 N–H and O–H groups in total. The summed E-state index contributed by atoms with van der Waals surface area (Å²) < 4.78 is 6.43. The van der Waals surface area contributed by atoms with E-state index >= 15 is 0 Å². The van der Waals surface area contributed by atoms with Crippen LogP contribution in [-0.2, 0) is 0 Å². The van der Waals surface area contributed by atoms with Crippen molar-refractivity contribution in [3.63, 3.8) is 0 Å². The number of carbonyl (C=O) groups excluding carboxylic acids is 1. The van der Waals surface area contributed by atoms with Crippen LogP contribution in [0.4, 0.5) is 0 Å². The van der Waals surface area contributed by atoms with Crippen molar-refractivity contribution >= 4 is 27.8 Å². The zero-order valence-corrected chi connectivity index (χ0v) is 12.1. The Hall–Kier alpha value is -2.07. The van der Waals surface area contributed by atoms with Crippen molar-refractivity contribution in [3.8, 4) is 11.5 Å². The molecular formula is C16H11BrO3. The number of benzene rings is 2. The molecule has 0 saturated carbocycles. The largest absolute Gasteiger partial charge is 0.508 e. The number of Topliss-reactive ketones (excluding diaryl/α,β-unsaturated/α-hetero) is 1. The number of fused-ring (bicyclic) bond motifs is 1. The minimum atomic E-state index is -0.0455. The molecule has 1 heterocycles. The lowest BCUT2D eigenvalue weighted by atomic mass is 9.98. The smallest absolute Gasteiger partial charge is 0.196 e. The van der Waals surface area contributed by atoms with Crippen LogP contribution in [0.15, 0.2) is 52.5 Å². The third-order valence-electron chi connectivity index (χ3n) is 3.07. The van der Waals surface area contributed by atoms with Gasteiger partial charge in [0.05, 0.1) is 5.56 Å². The monoisotopic (exact) mass is 330 g/mol. The number of ketones is 1. The lowest BCUT2D eigenvalue weighted by molar-refractivity contribution is 0.100. The van der Waals surface area contributed by atoms with Gasteiger partial charge in [0.25, 0.3) is 0 Å². The molecule has 4 heteroatoms. The van der Waals surface area contributed by atoms with Crippen LogP contribution in [0.3, 0.4) is 0 Å². The van der Waals surface area contributed by atoms with Gasteiger partial charge in [0.1, 0.15) is 18.1 Å². The van der Waals surface area contributed by atoms with Gasteiger partial charge in [-0.1, -0.05) is 28.1 Å². The first-order chi connectivity index (χ1) is 9.63. The second-order valence-corrected chi connectivity index (χ2v) is 5.44. The summed E-state index contributed by atoms with van der Waals surface area (Å²) in [5.74, 6) is 0.730. The lowest BCUT2D eigenvalue weighted by Crippen LogP contribution is -2.18. The van der Waals surface area contributed by atoms with Crippen molar-refractivity contribution in [1.29, 1.82) is 0 Å². The molecule has 0 aromatic heterocycles. The van der Waals surface area contributed by atoms with E-state index in [9.17, 15) is 9.90 Å². The van der Waals surface area contributed by atoms with E-state index < -0.39 is 0 Å². The number of halogens is 1. The fourth-order valence-corrected chi connectivity index (χ4v) is 2.48. The van der Waals surface area contributed by atoms with Crippen molar-refractivity contribution in [2.45, 2.75) is 0 Å². The molecule has 0 unspecified atom stereocenters. The SMILES string of the molecule is O=C1/C(=C/c2cccc(O)c2)COc2ccc(Br)cc21. The highest BCUT2D eigenvalue weighted by molar-refractivity contribution is 9.10. The summed E-state index contributed by atoms with van der Waals surface area (Å²) in [6, 6.07) is 12.1. The fourth-order valence-electron chi connectivity index (χ4n) is 2.12. The molecule has 3 nitrogen and oxygen atoms in total. The van der Waals surface area contributed by atoms with Gasteiger partial charge in [-0.25, -0.2) is 0 Å². The lowest BCUT2D eigenvalue weighted by Gasteiger charge is -2.19. The van der Waals surface area contributed by atoms with E-state index in [1.165, 1.54) is 0 Å². The highest BCUT2D eigenvalue weighted by atomic mass is 79.9. The van der Waals surface area contributed by atoms with Gasteiger partial charge in [0, 0.05) is 10.0 Å². The van der Waals surface area contributed by atoms with E-state index in [2.05, 4.69) is 15.9 Å². The van der Waals surface area contributed by atoms with Crippen LogP contribution < -0.4 is 4.74 Å². The van der Waals surface area contributed by atoms with Gasteiger partial charge in [0.15, 0.2) is 5.78 Å². The van der Waals surface area contributed by atoms with Crippen molar-refractivity contribution in [2.24, 2.45) is 0 Å². The second kappa shape index (κ2) is 5.13. The fraction of sp³-hybridized carbons (Fsp3) is 0.0625. The van der Waals surface area contributed by atoms with Crippen molar-refractivity contribution in [2.75, 3.05) is 6.61 Å². The minimum absolute atomic E-state index is 0.0455. The second-order valence-electron chi connectivity index (χ2n) is 4.52. The zero-order valence-electron chi connectivity index (χ0n) is 10.5. The molecule has 0 aliphatic carbocycles. The van der Waals surface area contributed by atoms with Crippen LogP contribution in [0.2, 0.25) is 0 Å².